The summed E-state index contributed by atoms with van der Waals surface area (Å²) in [5.74, 6) is 0.101. The second-order valence-corrected chi connectivity index (χ2v) is 7.48. The van der Waals surface area contributed by atoms with Gasteiger partial charge in [-0.25, -0.2) is 0 Å². The third-order valence-electron chi connectivity index (χ3n) is 3.89. The number of amides is 1. The van der Waals surface area contributed by atoms with Gasteiger partial charge >= 0.3 is 0 Å². The smallest absolute Gasteiger partial charge is 0.224 e. The quantitative estimate of drug-likeness (QED) is 0.633. The molecule has 0 aliphatic rings. The van der Waals surface area contributed by atoms with Crippen LogP contribution in [-0.4, -0.2) is 67.7 Å². The molecule has 0 atom stereocenters. The predicted molar refractivity (Wildman–Crippen MR) is 92.9 cm³/mol. The predicted octanol–water partition coefficient (Wildman–Crippen LogP) is 1.96. The number of carbonyl (C=O) groups excluding carboxylic acids is 1. The molecule has 0 spiro atoms. The van der Waals surface area contributed by atoms with Crippen LogP contribution in [0.25, 0.3) is 0 Å². The molecule has 0 saturated heterocycles. The van der Waals surface area contributed by atoms with Gasteiger partial charge in [-0.05, 0) is 34.4 Å². The van der Waals surface area contributed by atoms with Crippen molar-refractivity contribution in [2.24, 2.45) is 11.1 Å². The summed E-state index contributed by atoms with van der Waals surface area (Å²) in [4.78, 5) is 16.3. The van der Waals surface area contributed by atoms with Gasteiger partial charge in [0.15, 0.2) is 0 Å². The maximum absolute atomic E-state index is 12.1. The van der Waals surface area contributed by atoms with Gasteiger partial charge in [0.05, 0.1) is 18.8 Å². The SMILES string of the molecule is CCN(C)CC(C)(C)COCC(C)(C)N(CC)C(=O)CCN. The van der Waals surface area contributed by atoms with Crippen molar-refractivity contribution in [1.82, 2.24) is 9.80 Å². The maximum atomic E-state index is 12.1. The molecule has 0 rings (SSSR count). The number of rotatable bonds is 11. The fourth-order valence-electron chi connectivity index (χ4n) is 2.74. The topological polar surface area (TPSA) is 58.8 Å². The minimum Gasteiger partial charge on any atom is -0.378 e. The zero-order chi connectivity index (χ0) is 17.4. The van der Waals surface area contributed by atoms with Crippen LogP contribution in [-0.2, 0) is 9.53 Å². The van der Waals surface area contributed by atoms with Crippen molar-refractivity contribution < 1.29 is 9.53 Å². The van der Waals surface area contributed by atoms with E-state index in [0.29, 0.717) is 32.7 Å². The first kappa shape index (κ1) is 21.4. The van der Waals surface area contributed by atoms with Crippen LogP contribution in [0.5, 0.6) is 0 Å². The fourth-order valence-corrected chi connectivity index (χ4v) is 2.74. The molecular formula is C17H37N3O2. The number of likely N-dealkylation sites (N-methyl/N-ethyl adjacent to an activating group) is 1. The lowest BCUT2D eigenvalue weighted by Gasteiger charge is -2.39. The molecule has 0 radical (unpaired) electrons. The van der Waals surface area contributed by atoms with E-state index in [0.717, 1.165) is 13.1 Å². The van der Waals surface area contributed by atoms with Crippen molar-refractivity contribution in [2.45, 2.75) is 53.5 Å². The monoisotopic (exact) mass is 315 g/mol. The minimum absolute atomic E-state index is 0.0964. The third kappa shape index (κ3) is 7.56. The second kappa shape index (κ2) is 9.48. The summed E-state index contributed by atoms with van der Waals surface area (Å²) in [7, 11) is 2.12. The van der Waals surface area contributed by atoms with Gasteiger partial charge in [-0.3, -0.25) is 4.79 Å². The Labute approximate surface area is 137 Å². The van der Waals surface area contributed by atoms with Gasteiger partial charge in [0.2, 0.25) is 5.91 Å². The van der Waals surface area contributed by atoms with Crippen molar-refractivity contribution in [3.05, 3.63) is 0 Å². The Hall–Kier alpha value is -0.650. The lowest BCUT2D eigenvalue weighted by molar-refractivity contribution is -0.139. The molecule has 0 fully saturated rings. The first-order valence-corrected chi connectivity index (χ1v) is 8.36. The van der Waals surface area contributed by atoms with E-state index in [4.69, 9.17) is 10.5 Å². The molecule has 0 saturated carbocycles. The summed E-state index contributed by atoms with van der Waals surface area (Å²) in [5, 5.41) is 0. The van der Waals surface area contributed by atoms with E-state index in [1.54, 1.807) is 0 Å². The number of hydrogen-bond acceptors (Lipinski definition) is 4. The van der Waals surface area contributed by atoms with E-state index in [9.17, 15) is 4.79 Å². The van der Waals surface area contributed by atoms with Crippen LogP contribution in [0.15, 0.2) is 0 Å². The van der Waals surface area contributed by atoms with Gasteiger partial charge in [0.1, 0.15) is 0 Å². The zero-order valence-electron chi connectivity index (χ0n) is 15.7. The molecule has 0 aromatic rings. The Kier molecular flexibility index (Phi) is 9.20. The maximum Gasteiger partial charge on any atom is 0.224 e. The molecule has 132 valence electrons. The van der Waals surface area contributed by atoms with Crippen LogP contribution < -0.4 is 5.73 Å². The Bertz CT molecular complexity index is 330. The lowest BCUT2D eigenvalue weighted by atomic mass is 9.94. The molecule has 0 unspecified atom stereocenters. The molecule has 1 amide bonds. The number of nitrogens with zero attached hydrogens (tertiary/aromatic N) is 2. The number of nitrogens with two attached hydrogens (primary N) is 1. The summed E-state index contributed by atoms with van der Waals surface area (Å²) in [6.45, 7) is 17.0. The summed E-state index contributed by atoms with van der Waals surface area (Å²) in [5.41, 5.74) is 5.28. The molecule has 0 aromatic heterocycles. The Morgan fingerprint density at radius 3 is 2.14 bits per heavy atom. The average Bonchev–Trinajstić information content (AvgIpc) is 2.38. The molecule has 22 heavy (non-hydrogen) atoms. The molecular weight excluding hydrogens is 278 g/mol. The van der Waals surface area contributed by atoms with Crippen molar-refractivity contribution in [1.29, 1.82) is 0 Å². The first-order valence-electron chi connectivity index (χ1n) is 8.36. The van der Waals surface area contributed by atoms with Crippen LogP contribution >= 0.6 is 0 Å². The van der Waals surface area contributed by atoms with E-state index < -0.39 is 0 Å². The van der Waals surface area contributed by atoms with Crippen molar-refractivity contribution in [3.8, 4) is 0 Å². The molecule has 0 aliphatic carbocycles. The normalized spacial score (nSPS) is 12.8. The van der Waals surface area contributed by atoms with Gasteiger partial charge < -0.3 is 20.3 Å². The molecule has 0 heterocycles. The number of hydrogen-bond donors (Lipinski definition) is 1. The van der Waals surface area contributed by atoms with E-state index in [2.05, 4.69) is 46.6 Å². The summed E-state index contributed by atoms with van der Waals surface area (Å²) < 4.78 is 5.97. The number of ether oxygens (including phenoxy) is 1. The van der Waals surface area contributed by atoms with Gasteiger partial charge in [0.25, 0.3) is 0 Å². The van der Waals surface area contributed by atoms with E-state index in [1.807, 2.05) is 11.8 Å². The van der Waals surface area contributed by atoms with E-state index in [1.165, 1.54) is 0 Å². The zero-order valence-corrected chi connectivity index (χ0v) is 15.7. The van der Waals surface area contributed by atoms with E-state index in [-0.39, 0.29) is 16.9 Å². The fraction of sp³-hybridized carbons (Fsp3) is 0.941. The minimum atomic E-state index is -0.312. The van der Waals surface area contributed by atoms with Crippen LogP contribution in [0.1, 0.15) is 48.0 Å². The summed E-state index contributed by atoms with van der Waals surface area (Å²) >= 11 is 0. The first-order chi connectivity index (χ1) is 10.1. The highest BCUT2D eigenvalue weighted by atomic mass is 16.5. The van der Waals surface area contributed by atoms with Gasteiger partial charge in [-0.1, -0.05) is 20.8 Å². The molecule has 2 N–H and O–H groups in total. The van der Waals surface area contributed by atoms with Crippen molar-refractivity contribution >= 4 is 5.91 Å². The standard InChI is InChI=1S/C17H37N3O2/c1-8-19(7)12-16(3,4)13-22-14-17(5,6)20(9-2)15(21)10-11-18/h8-14,18H2,1-7H3. The molecule has 5 nitrogen and oxygen atoms in total. The molecule has 5 heteroatoms. The number of carbonyl (C=O) groups is 1. The van der Waals surface area contributed by atoms with Crippen LogP contribution in [0.4, 0.5) is 0 Å². The largest absolute Gasteiger partial charge is 0.378 e. The Balaban J connectivity index is 4.50. The molecule has 0 aliphatic heterocycles. The van der Waals surface area contributed by atoms with Crippen LogP contribution in [0.3, 0.4) is 0 Å². The Morgan fingerprint density at radius 2 is 1.68 bits per heavy atom. The van der Waals surface area contributed by atoms with Gasteiger partial charge in [-0.2, -0.15) is 0 Å². The molecule has 0 bridgehead atoms. The Morgan fingerprint density at radius 1 is 1.09 bits per heavy atom. The highest BCUT2D eigenvalue weighted by Crippen LogP contribution is 2.20. The van der Waals surface area contributed by atoms with Gasteiger partial charge in [-0.15, -0.1) is 0 Å². The second-order valence-electron chi connectivity index (χ2n) is 7.48. The average molecular weight is 316 g/mol. The van der Waals surface area contributed by atoms with Crippen LogP contribution in [0.2, 0.25) is 0 Å². The summed E-state index contributed by atoms with van der Waals surface area (Å²) in [6, 6.07) is 0. The lowest BCUT2D eigenvalue weighted by Crippen LogP contribution is -2.51. The van der Waals surface area contributed by atoms with Crippen molar-refractivity contribution in [3.63, 3.8) is 0 Å². The van der Waals surface area contributed by atoms with Crippen molar-refractivity contribution in [2.75, 3.05) is 46.4 Å². The third-order valence-corrected chi connectivity index (χ3v) is 3.89. The van der Waals surface area contributed by atoms with Gasteiger partial charge in [0, 0.05) is 31.5 Å². The highest BCUT2D eigenvalue weighted by molar-refractivity contribution is 5.77. The highest BCUT2D eigenvalue weighted by Gasteiger charge is 2.30. The van der Waals surface area contributed by atoms with E-state index >= 15 is 0 Å². The van der Waals surface area contributed by atoms with Crippen LogP contribution in [0, 0.1) is 5.41 Å². The molecule has 0 aromatic carbocycles. The summed E-state index contributed by atoms with van der Waals surface area (Å²) in [6.07, 6.45) is 0.393.